The molecule has 0 saturated carbocycles. The lowest BCUT2D eigenvalue weighted by Crippen LogP contribution is -2.67. The van der Waals surface area contributed by atoms with Crippen LogP contribution in [0, 0.1) is 17.8 Å². The molecule has 4 aliphatic heterocycles. The number of ether oxygens (including phenoxy) is 6. The summed E-state index contributed by atoms with van der Waals surface area (Å²) in [6.07, 6.45) is -12.4. The first-order valence-electron chi connectivity index (χ1n) is 20.1. The fourth-order valence-corrected chi connectivity index (χ4v) is 8.23. The van der Waals surface area contributed by atoms with Gasteiger partial charge in [-0.05, 0) is 57.3 Å². The number of aliphatic hydroxyl groups excluding tert-OH is 8. The van der Waals surface area contributed by atoms with Crippen LogP contribution in [0.25, 0.3) is 0 Å². The fraction of sp³-hybridized carbons (Fsp3) is 0.973. The molecular formula is C37H68N2O15. The first-order chi connectivity index (χ1) is 25.8. The normalized spacial score (nSPS) is 46.4. The van der Waals surface area contributed by atoms with Crippen LogP contribution in [-0.2, 0) is 33.2 Å². The van der Waals surface area contributed by atoms with E-state index in [-0.39, 0.29) is 23.8 Å². The van der Waals surface area contributed by atoms with Crippen molar-refractivity contribution >= 4 is 5.91 Å². The predicted molar refractivity (Wildman–Crippen MR) is 191 cm³/mol. The average Bonchev–Trinajstić information content (AvgIpc) is 3.16. The third-order valence-electron chi connectivity index (χ3n) is 12.0. The molecule has 4 heterocycles. The van der Waals surface area contributed by atoms with Gasteiger partial charge in [0.25, 0.3) is 0 Å². The van der Waals surface area contributed by atoms with Crippen molar-refractivity contribution in [1.82, 2.24) is 5.32 Å². The molecule has 54 heavy (non-hydrogen) atoms. The van der Waals surface area contributed by atoms with E-state index in [0.717, 1.165) is 64.2 Å². The number of hydrogen-bond acceptors (Lipinski definition) is 16. The van der Waals surface area contributed by atoms with Crippen molar-refractivity contribution in [3.63, 3.8) is 0 Å². The van der Waals surface area contributed by atoms with Crippen molar-refractivity contribution in [3.8, 4) is 0 Å². The summed E-state index contributed by atoms with van der Waals surface area (Å²) in [7, 11) is 0. The van der Waals surface area contributed by atoms with Crippen LogP contribution in [0.2, 0.25) is 0 Å². The van der Waals surface area contributed by atoms with Crippen molar-refractivity contribution in [3.05, 3.63) is 0 Å². The molecule has 0 aromatic rings. The molecule has 0 aliphatic carbocycles. The number of rotatable bonds is 11. The van der Waals surface area contributed by atoms with Gasteiger partial charge in [-0.1, -0.05) is 46.5 Å². The first kappa shape index (κ1) is 45.6. The van der Waals surface area contributed by atoms with E-state index in [9.17, 15) is 45.6 Å². The lowest BCUT2D eigenvalue weighted by Gasteiger charge is -2.48. The SMILES string of the molecule is CCC1CCCC(CC)C(=O)NCCC[C@@H](CC)C(O[C@@H]2O[C@@H](C)[C@H](O)[C@@H](N)[C@H]2O[C@@H]2O[C@@H](CO)[C@H](O[C@H]3O[C@@H](CO)[C@H](O)[C@@H](O)[C@@H]3O)[C@@H](O)[C@@H]2O)CC1. The Morgan fingerprint density at radius 3 is 1.94 bits per heavy atom. The highest BCUT2D eigenvalue weighted by Gasteiger charge is 2.53. The summed E-state index contributed by atoms with van der Waals surface area (Å²) in [6, 6.07) is -1.08. The summed E-state index contributed by atoms with van der Waals surface area (Å²) >= 11 is 0. The van der Waals surface area contributed by atoms with E-state index in [2.05, 4.69) is 26.1 Å². The van der Waals surface area contributed by atoms with Gasteiger partial charge in [-0.2, -0.15) is 0 Å². The summed E-state index contributed by atoms with van der Waals surface area (Å²) in [6.45, 7) is 7.07. The zero-order chi connectivity index (χ0) is 39.7. The first-order valence-corrected chi connectivity index (χ1v) is 20.1. The minimum atomic E-state index is -1.82. The van der Waals surface area contributed by atoms with Gasteiger partial charge in [0, 0.05) is 12.5 Å². The Kier molecular flexibility index (Phi) is 18.2. The molecule has 17 heteroatoms. The van der Waals surface area contributed by atoms with Gasteiger partial charge < -0.3 is 80.3 Å². The van der Waals surface area contributed by atoms with Gasteiger partial charge in [-0.25, -0.2) is 0 Å². The fourth-order valence-electron chi connectivity index (χ4n) is 8.23. The number of carbonyl (C=O) groups excluding carboxylic acids is 1. The van der Waals surface area contributed by atoms with Crippen LogP contribution < -0.4 is 11.1 Å². The van der Waals surface area contributed by atoms with Crippen molar-refractivity contribution in [2.75, 3.05) is 19.8 Å². The van der Waals surface area contributed by atoms with E-state index in [4.69, 9.17) is 34.2 Å². The maximum absolute atomic E-state index is 12.9. The largest absolute Gasteiger partial charge is 0.394 e. The van der Waals surface area contributed by atoms with Crippen LogP contribution in [0.3, 0.4) is 0 Å². The second kappa shape index (κ2) is 21.6. The molecule has 19 atom stereocenters. The van der Waals surface area contributed by atoms with Gasteiger partial charge >= 0.3 is 0 Å². The number of carbonyl (C=O) groups is 1. The molecule has 4 rings (SSSR count). The number of nitrogens with two attached hydrogens (primary N) is 1. The Balaban J connectivity index is 1.51. The Morgan fingerprint density at radius 2 is 1.31 bits per heavy atom. The molecule has 4 saturated heterocycles. The Bertz CT molecular complexity index is 1110. The van der Waals surface area contributed by atoms with E-state index in [1.807, 2.05) is 0 Å². The number of aliphatic hydroxyl groups is 8. The number of nitrogens with one attached hydrogen (secondary N) is 1. The van der Waals surface area contributed by atoms with Gasteiger partial charge in [0.2, 0.25) is 5.91 Å². The standard InChI is InChI=1S/C37H68N2O15/c1-5-19-10-8-11-21(7-3)34(48)39-15-9-12-20(6-2)22(14-13-19)50-37-33(25(38)26(42)18(4)49-37)54-36-31(47)29(45)32(24(17-41)52-36)53-35-30(46)28(44)27(43)23(16-40)51-35/h18-33,35-37,40-47H,5-17,38H2,1-4H3,(H,39,48)/t18-,19?,20+,21?,22?,23-,24-,25+,26-,27-,28+,29-,30-,31-,32-,33+,35+,36-,37-/m0/s1. The molecule has 11 N–H and O–H groups in total. The highest BCUT2D eigenvalue weighted by molar-refractivity contribution is 5.78. The molecule has 0 aromatic heterocycles. The summed E-state index contributed by atoms with van der Waals surface area (Å²) in [5.41, 5.74) is 6.55. The smallest absolute Gasteiger partial charge is 0.223 e. The third-order valence-corrected chi connectivity index (χ3v) is 12.0. The highest BCUT2D eigenvalue weighted by Crippen LogP contribution is 2.35. The molecule has 4 aliphatic rings. The van der Waals surface area contributed by atoms with Crippen molar-refractivity contribution < 1.29 is 74.1 Å². The van der Waals surface area contributed by atoms with Crippen LogP contribution in [0.5, 0.6) is 0 Å². The van der Waals surface area contributed by atoms with E-state index in [1.165, 1.54) is 0 Å². The van der Waals surface area contributed by atoms with E-state index >= 15 is 0 Å². The van der Waals surface area contributed by atoms with Gasteiger partial charge in [-0.3, -0.25) is 4.79 Å². The lowest BCUT2D eigenvalue weighted by atomic mass is 9.85. The predicted octanol–water partition coefficient (Wildman–Crippen LogP) is -1.25. The highest BCUT2D eigenvalue weighted by atomic mass is 16.8. The molecule has 1 amide bonds. The molecule has 3 unspecified atom stereocenters. The van der Waals surface area contributed by atoms with Crippen LogP contribution in [0.15, 0.2) is 0 Å². The topological polar surface area (TPSA) is 272 Å². The summed E-state index contributed by atoms with van der Waals surface area (Å²) in [5, 5.41) is 87.2. The number of amides is 1. The van der Waals surface area contributed by atoms with Gasteiger partial charge in [-0.15, -0.1) is 0 Å². The minimum absolute atomic E-state index is 0.0201. The van der Waals surface area contributed by atoms with Crippen molar-refractivity contribution in [2.45, 2.75) is 190 Å². The molecular weight excluding hydrogens is 712 g/mol. The molecule has 316 valence electrons. The van der Waals surface area contributed by atoms with Crippen LogP contribution in [0.4, 0.5) is 0 Å². The second-order valence-corrected chi connectivity index (χ2v) is 15.5. The van der Waals surface area contributed by atoms with E-state index < -0.39 is 105 Å². The monoisotopic (exact) mass is 780 g/mol. The average molecular weight is 781 g/mol. The van der Waals surface area contributed by atoms with Gasteiger partial charge in [0.05, 0.1) is 37.6 Å². The zero-order valence-corrected chi connectivity index (χ0v) is 32.2. The van der Waals surface area contributed by atoms with Gasteiger partial charge in [0.15, 0.2) is 18.9 Å². The molecule has 0 spiro atoms. The van der Waals surface area contributed by atoms with Crippen LogP contribution in [0.1, 0.15) is 91.9 Å². The quantitative estimate of drug-likeness (QED) is 0.117. The molecule has 4 fully saturated rings. The number of hydrogen-bond donors (Lipinski definition) is 10. The van der Waals surface area contributed by atoms with Crippen LogP contribution >= 0.6 is 0 Å². The maximum Gasteiger partial charge on any atom is 0.223 e. The summed E-state index contributed by atoms with van der Waals surface area (Å²) in [4.78, 5) is 12.9. The minimum Gasteiger partial charge on any atom is -0.394 e. The zero-order valence-electron chi connectivity index (χ0n) is 32.2. The summed E-state index contributed by atoms with van der Waals surface area (Å²) in [5.74, 6) is 0.643. The van der Waals surface area contributed by atoms with E-state index in [1.54, 1.807) is 6.92 Å². The van der Waals surface area contributed by atoms with Crippen molar-refractivity contribution in [2.24, 2.45) is 23.5 Å². The van der Waals surface area contributed by atoms with Gasteiger partial charge in [0.1, 0.15) is 54.9 Å². The molecule has 0 bridgehead atoms. The Morgan fingerprint density at radius 1 is 0.667 bits per heavy atom. The Labute approximate surface area is 318 Å². The summed E-state index contributed by atoms with van der Waals surface area (Å²) < 4.78 is 36.1. The maximum atomic E-state index is 12.9. The molecule has 0 aromatic carbocycles. The van der Waals surface area contributed by atoms with Crippen LogP contribution in [-0.4, -0.2) is 165 Å². The van der Waals surface area contributed by atoms with Crippen molar-refractivity contribution in [1.29, 1.82) is 0 Å². The Hall–Kier alpha value is -1.13. The third kappa shape index (κ3) is 11.1. The molecule has 0 radical (unpaired) electrons. The molecule has 17 nitrogen and oxygen atoms in total. The second-order valence-electron chi connectivity index (χ2n) is 15.5. The van der Waals surface area contributed by atoms with E-state index in [0.29, 0.717) is 12.5 Å². The lowest BCUT2D eigenvalue weighted by molar-refractivity contribution is -0.379.